The Labute approximate surface area is 98.1 Å². The van der Waals surface area contributed by atoms with Gasteiger partial charge in [-0.2, -0.15) is 0 Å². The van der Waals surface area contributed by atoms with Crippen molar-refractivity contribution < 1.29 is 19.0 Å². The van der Waals surface area contributed by atoms with Crippen molar-refractivity contribution in [2.45, 2.75) is 12.5 Å². The van der Waals surface area contributed by atoms with Crippen LogP contribution in [0.4, 0.5) is 0 Å². The van der Waals surface area contributed by atoms with Crippen LogP contribution in [0.1, 0.15) is 5.56 Å². The number of carbonyl (C=O) groups excluding carboxylic acids is 1. The molecule has 4 nitrogen and oxygen atoms in total. The van der Waals surface area contributed by atoms with Gasteiger partial charge in [-0.25, -0.2) is 4.79 Å². The van der Waals surface area contributed by atoms with Crippen LogP contribution in [0.5, 0.6) is 11.5 Å². The second-order valence-corrected chi connectivity index (χ2v) is 3.87. The van der Waals surface area contributed by atoms with Gasteiger partial charge in [0, 0.05) is 23.1 Å². The molecule has 0 N–H and O–H groups in total. The van der Waals surface area contributed by atoms with E-state index in [0.29, 0.717) is 22.9 Å². The highest BCUT2D eigenvalue weighted by Crippen LogP contribution is 2.40. The number of hydrogen-bond donors (Lipinski definition) is 0. The Morgan fingerprint density at radius 1 is 1.50 bits per heavy atom. The Hall–Kier alpha value is -1.42. The van der Waals surface area contributed by atoms with Gasteiger partial charge in [0.1, 0.15) is 0 Å². The molecule has 16 heavy (non-hydrogen) atoms. The summed E-state index contributed by atoms with van der Waals surface area (Å²) in [6.07, 6.45) is -0.147. The lowest BCUT2D eigenvalue weighted by Crippen LogP contribution is -2.26. The second kappa shape index (κ2) is 4.22. The third-order valence-corrected chi connectivity index (χ3v) is 2.66. The van der Waals surface area contributed by atoms with Crippen molar-refractivity contribution in [1.29, 1.82) is 0 Å². The summed E-state index contributed by atoms with van der Waals surface area (Å²) in [5.41, 5.74) is 0.861. The smallest absolute Gasteiger partial charge is 0.347 e. The van der Waals surface area contributed by atoms with E-state index in [1.54, 1.807) is 12.1 Å². The fourth-order valence-corrected chi connectivity index (χ4v) is 1.94. The molecular weight excluding hydrogens is 232 g/mol. The molecule has 86 valence electrons. The molecule has 1 unspecified atom stereocenters. The van der Waals surface area contributed by atoms with Crippen molar-refractivity contribution in [1.82, 2.24) is 0 Å². The molecule has 1 heterocycles. The third kappa shape index (κ3) is 1.80. The summed E-state index contributed by atoms with van der Waals surface area (Å²) < 4.78 is 15.2. The van der Waals surface area contributed by atoms with E-state index in [4.69, 9.17) is 21.1 Å². The first kappa shape index (κ1) is 11.1. The zero-order chi connectivity index (χ0) is 11.7. The summed E-state index contributed by atoms with van der Waals surface area (Å²) in [4.78, 5) is 11.3. The van der Waals surface area contributed by atoms with E-state index in [2.05, 4.69) is 4.74 Å². The van der Waals surface area contributed by atoms with Gasteiger partial charge < -0.3 is 14.2 Å². The second-order valence-electron chi connectivity index (χ2n) is 3.43. The maximum absolute atomic E-state index is 11.3. The summed E-state index contributed by atoms with van der Waals surface area (Å²) in [5.74, 6) is 0.713. The van der Waals surface area contributed by atoms with Crippen LogP contribution in [0.2, 0.25) is 5.02 Å². The van der Waals surface area contributed by atoms with Crippen LogP contribution in [-0.4, -0.2) is 26.3 Å². The monoisotopic (exact) mass is 242 g/mol. The first-order chi connectivity index (χ1) is 7.65. The highest BCUT2D eigenvalue weighted by atomic mass is 35.5. The molecule has 0 saturated carbocycles. The van der Waals surface area contributed by atoms with Crippen LogP contribution >= 0.6 is 11.6 Å². The lowest BCUT2D eigenvalue weighted by atomic mass is 10.1. The number of ether oxygens (including phenoxy) is 3. The van der Waals surface area contributed by atoms with Crippen molar-refractivity contribution in [2.75, 3.05) is 14.2 Å². The maximum Gasteiger partial charge on any atom is 0.347 e. The first-order valence-electron chi connectivity index (χ1n) is 4.76. The number of fused-ring (bicyclic) bond motifs is 1. The summed E-state index contributed by atoms with van der Waals surface area (Å²) in [5, 5.41) is 0.560. The lowest BCUT2D eigenvalue weighted by Gasteiger charge is -2.09. The van der Waals surface area contributed by atoms with E-state index < -0.39 is 12.1 Å². The van der Waals surface area contributed by atoms with Gasteiger partial charge in [-0.1, -0.05) is 11.6 Å². The predicted octanol–water partition coefficient (Wildman–Crippen LogP) is 1.83. The summed E-state index contributed by atoms with van der Waals surface area (Å²) >= 11 is 5.92. The quantitative estimate of drug-likeness (QED) is 0.743. The number of benzene rings is 1. The van der Waals surface area contributed by atoms with Gasteiger partial charge in [0.15, 0.2) is 17.6 Å². The van der Waals surface area contributed by atoms with E-state index in [0.717, 1.165) is 5.56 Å². The molecule has 0 aliphatic carbocycles. The molecule has 0 spiro atoms. The van der Waals surface area contributed by atoms with E-state index in [1.807, 2.05) is 0 Å². The Kier molecular flexibility index (Phi) is 2.92. The standard InChI is InChI=1S/C11H11ClO4/c1-14-8-5-7(12)3-6-4-9(11(13)15-2)16-10(6)8/h3,5,9H,4H2,1-2H3. The number of hydrogen-bond acceptors (Lipinski definition) is 4. The Morgan fingerprint density at radius 3 is 2.88 bits per heavy atom. The van der Waals surface area contributed by atoms with Crippen molar-refractivity contribution in [3.8, 4) is 11.5 Å². The average molecular weight is 243 g/mol. The van der Waals surface area contributed by atoms with E-state index in [-0.39, 0.29) is 0 Å². The van der Waals surface area contributed by atoms with Crippen molar-refractivity contribution in [3.05, 3.63) is 22.7 Å². The molecule has 0 aromatic heterocycles. The van der Waals surface area contributed by atoms with Gasteiger partial charge >= 0.3 is 5.97 Å². The number of methoxy groups -OCH3 is 2. The summed E-state index contributed by atoms with van der Waals surface area (Å²) in [6, 6.07) is 3.42. The zero-order valence-corrected chi connectivity index (χ0v) is 9.71. The first-order valence-corrected chi connectivity index (χ1v) is 5.14. The number of esters is 1. The molecule has 0 bridgehead atoms. The number of halogens is 1. The molecule has 1 atom stereocenters. The normalized spacial score (nSPS) is 17.6. The average Bonchev–Trinajstić information content (AvgIpc) is 2.70. The predicted molar refractivity (Wildman–Crippen MR) is 58.1 cm³/mol. The summed E-state index contributed by atoms with van der Waals surface area (Å²) in [6.45, 7) is 0. The lowest BCUT2D eigenvalue weighted by molar-refractivity contribution is -0.147. The van der Waals surface area contributed by atoms with Crippen LogP contribution in [0.3, 0.4) is 0 Å². The van der Waals surface area contributed by atoms with Crippen molar-refractivity contribution in [3.63, 3.8) is 0 Å². The zero-order valence-electron chi connectivity index (χ0n) is 8.95. The molecule has 1 aliphatic heterocycles. The maximum atomic E-state index is 11.3. The van der Waals surface area contributed by atoms with Crippen molar-refractivity contribution >= 4 is 17.6 Å². The minimum Gasteiger partial charge on any atom is -0.493 e. The van der Waals surface area contributed by atoms with Gasteiger partial charge in [0.2, 0.25) is 0 Å². The van der Waals surface area contributed by atoms with Gasteiger partial charge in [-0.15, -0.1) is 0 Å². The van der Waals surface area contributed by atoms with Gasteiger partial charge in [-0.3, -0.25) is 0 Å². The molecule has 0 fully saturated rings. The molecule has 0 saturated heterocycles. The minimum atomic E-state index is -0.604. The molecule has 1 aromatic carbocycles. The summed E-state index contributed by atoms with van der Waals surface area (Å²) in [7, 11) is 2.86. The molecule has 1 aliphatic rings. The van der Waals surface area contributed by atoms with Crippen LogP contribution < -0.4 is 9.47 Å². The largest absolute Gasteiger partial charge is 0.493 e. The minimum absolute atomic E-state index is 0.394. The van der Waals surface area contributed by atoms with E-state index >= 15 is 0 Å². The molecule has 1 aromatic rings. The fourth-order valence-electron chi connectivity index (χ4n) is 1.71. The molecule has 5 heteroatoms. The Morgan fingerprint density at radius 2 is 2.25 bits per heavy atom. The van der Waals surface area contributed by atoms with Gasteiger partial charge in [0.25, 0.3) is 0 Å². The van der Waals surface area contributed by atoms with E-state index in [1.165, 1.54) is 14.2 Å². The molecule has 2 rings (SSSR count). The number of rotatable bonds is 2. The van der Waals surface area contributed by atoms with E-state index in [9.17, 15) is 4.79 Å². The SMILES string of the molecule is COC(=O)C1Cc2cc(Cl)cc(OC)c2O1. The fraction of sp³-hybridized carbons (Fsp3) is 0.364. The Bertz CT molecular complexity index is 430. The topological polar surface area (TPSA) is 44.8 Å². The van der Waals surface area contributed by atoms with Crippen molar-refractivity contribution in [2.24, 2.45) is 0 Å². The third-order valence-electron chi connectivity index (χ3n) is 2.45. The van der Waals surface area contributed by atoms with Crippen LogP contribution in [-0.2, 0) is 16.0 Å². The van der Waals surface area contributed by atoms with Gasteiger partial charge in [0.05, 0.1) is 14.2 Å². The highest BCUT2D eigenvalue weighted by molar-refractivity contribution is 6.30. The molecular formula is C11H11ClO4. The van der Waals surface area contributed by atoms with Crippen LogP contribution in [0.25, 0.3) is 0 Å². The number of carbonyl (C=O) groups is 1. The molecule has 0 radical (unpaired) electrons. The Balaban J connectivity index is 2.33. The molecule has 0 amide bonds. The van der Waals surface area contributed by atoms with Crippen LogP contribution in [0, 0.1) is 0 Å². The van der Waals surface area contributed by atoms with Crippen LogP contribution in [0.15, 0.2) is 12.1 Å². The van der Waals surface area contributed by atoms with Gasteiger partial charge in [-0.05, 0) is 6.07 Å². The highest BCUT2D eigenvalue weighted by Gasteiger charge is 2.32.